The minimum absolute atomic E-state index is 0.187. The van der Waals surface area contributed by atoms with Crippen molar-refractivity contribution in [3.63, 3.8) is 0 Å². The number of hydrogen-bond acceptors (Lipinski definition) is 4. The fourth-order valence-electron chi connectivity index (χ4n) is 2.67. The lowest BCUT2D eigenvalue weighted by atomic mass is 9.97. The highest BCUT2D eigenvalue weighted by Gasteiger charge is 2.61. The highest BCUT2D eigenvalue weighted by molar-refractivity contribution is 5.29. The van der Waals surface area contributed by atoms with Crippen molar-refractivity contribution in [2.75, 3.05) is 13.2 Å². The van der Waals surface area contributed by atoms with Gasteiger partial charge in [0.2, 0.25) is 0 Å². The number of fused-ring (bicyclic) bond motifs is 2. The molecule has 4 atom stereocenters. The molecule has 0 radical (unpaired) electrons. The largest absolute Gasteiger partial charge is 0.393 e. The third-order valence-corrected chi connectivity index (χ3v) is 3.81. The number of hydrogen-bond donors (Lipinski definition) is 2. The number of halogens is 1. The molecule has 0 spiro atoms. The molecule has 1 aromatic carbocycles. The monoisotopic (exact) mass is 254 g/mol. The summed E-state index contributed by atoms with van der Waals surface area (Å²) < 4.78 is 24.4. The van der Waals surface area contributed by atoms with Gasteiger partial charge in [0.25, 0.3) is 0 Å². The molecule has 18 heavy (non-hydrogen) atoms. The van der Waals surface area contributed by atoms with Crippen molar-refractivity contribution < 1.29 is 24.1 Å². The van der Waals surface area contributed by atoms with Crippen LogP contribution in [0.15, 0.2) is 18.2 Å². The van der Waals surface area contributed by atoms with Crippen molar-refractivity contribution in [3.05, 3.63) is 35.1 Å². The van der Waals surface area contributed by atoms with E-state index in [9.17, 15) is 14.6 Å². The molecule has 3 rings (SSSR count). The Morgan fingerprint density at radius 1 is 1.50 bits per heavy atom. The number of aliphatic hydroxyl groups excluding tert-OH is 2. The summed E-state index contributed by atoms with van der Waals surface area (Å²) in [6.07, 6.45) is -1.81. The first-order valence-electron chi connectivity index (χ1n) is 5.92. The second-order valence-electron chi connectivity index (χ2n) is 4.99. The third kappa shape index (κ3) is 1.52. The first-order valence-corrected chi connectivity index (χ1v) is 5.92. The van der Waals surface area contributed by atoms with Crippen LogP contribution in [0.2, 0.25) is 0 Å². The van der Waals surface area contributed by atoms with Crippen LogP contribution in [0.4, 0.5) is 4.39 Å². The Balaban J connectivity index is 1.93. The molecule has 1 unspecified atom stereocenters. The zero-order valence-electron chi connectivity index (χ0n) is 9.97. The van der Waals surface area contributed by atoms with E-state index in [-0.39, 0.29) is 19.0 Å². The van der Waals surface area contributed by atoms with Crippen molar-refractivity contribution in [1.29, 1.82) is 0 Å². The van der Waals surface area contributed by atoms with Gasteiger partial charge in [0.1, 0.15) is 29.7 Å². The van der Waals surface area contributed by atoms with Gasteiger partial charge in [-0.3, -0.25) is 0 Å². The van der Waals surface area contributed by atoms with Gasteiger partial charge in [-0.25, -0.2) is 4.39 Å². The summed E-state index contributed by atoms with van der Waals surface area (Å²) in [6.45, 7) is 1.57. The Morgan fingerprint density at radius 2 is 2.28 bits per heavy atom. The number of benzene rings is 1. The van der Waals surface area contributed by atoms with Crippen LogP contribution in [-0.2, 0) is 9.47 Å². The fourth-order valence-corrected chi connectivity index (χ4v) is 2.67. The van der Waals surface area contributed by atoms with Crippen molar-refractivity contribution in [2.24, 2.45) is 0 Å². The molecule has 2 heterocycles. The van der Waals surface area contributed by atoms with Crippen molar-refractivity contribution in [3.8, 4) is 0 Å². The second kappa shape index (κ2) is 3.99. The Morgan fingerprint density at radius 3 is 2.89 bits per heavy atom. The molecule has 2 saturated heterocycles. The molecule has 0 aliphatic carbocycles. The summed E-state index contributed by atoms with van der Waals surface area (Å²) in [6, 6.07) is 4.68. The van der Waals surface area contributed by atoms with Crippen molar-refractivity contribution in [2.45, 2.75) is 30.8 Å². The van der Waals surface area contributed by atoms with Crippen LogP contribution < -0.4 is 0 Å². The topological polar surface area (TPSA) is 58.9 Å². The van der Waals surface area contributed by atoms with E-state index in [0.29, 0.717) is 5.56 Å². The number of aryl methyl sites for hydroxylation is 1. The van der Waals surface area contributed by atoms with E-state index in [2.05, 4.69) is 0 Å². The quantitative estimate of drug-likeness (QED) is 0.815. The maximum Gasteiger partial charge on any atom is 0.144 e. The van der Waals surface area contributed by atoms with Gasteiger partial charge in [0.05, 0.1) is 13.2 Å². The first kappa shape index (κ1) is 12.0. The summed E-state index contributed by atoms with van der Waals surface area (Å²) in [4.78, 5) is 0. The second-order valence-corrected chi connectivity index (χ2v) is 4.99. The summed E-state index contributed by atoms with van der Waals surface area (Å²) >= 11 is 0. The highest BCUT2D eigenvalue weighted by atomic mass is 19.1. The average Bonchev–Trinajstić information content (AvgIpc) is 2.84. The summed E-state index contributed by atoms with van der Waals surface area (Å²) in [5.74, 6) is -0.278. The van der Waals surface area contributed by atoms with Gasteiger partial charge in [0, 0.05) is 0 Å². The molecule has 2 aliphatic heterocycles. The molecular formula is C13H15FO4. The SMILES string of the molecule is Cc1cc([C@@H]2OC3(CO)CO[C@@H]2[C@@H]3O)ccc1F. The standard InChI is InChI=1S/C13H15FO4/c1-7-4-8(2-3-9(7)14)10-11-12(16)13(5-15,18-10)6-17-11/h2-4,10-12,15-16H,5-6H2,1H3/t10-,11-,12-,13?/m0/s1. The first-order chi connectivity index (χ1) is 8.57. The molecule has 0 aromatic heterocycles. The lowest BCUT2D eigenvalue weighted by molar-refractivity contribution is -0.163. The van der Waals surface area contributed by atoms with Gasteiger partial charge < -0.3 is 19.7 Å². The van der Waals surface area contributed by atoms with Crippen LogP contribution >= 0.6 is 0 Å². The number of aliphatic hydroxyl groups is 2. The van der Waals surface area contributed by atoms with Gasteiger partial charge >= 0.3 is 0 Å². The minimum atomic E-state index is -1.03. The molecule has 5 heteroatoms. The predicted octanol–water partition coefficient (Wildman–Crippen LogP) is 0.696. The number of ether oxygens (including phenoxy) is 2. The van der Waals surface area contributed by atoms with E-state index in [1.165, 1.54) is 6.07 Å². The Labute approximate surface area is 104 Å². The minimum Gasteiger partial charge on any atom is -0.393 e. The molecular weight excluding hydrogens is 239 g/mol. The van der Waals surface area contributed by atoms with Crippen LogP contribution in [0.5, 0.6) is 0 Å². The lowest BCUT2D eigenvalue weighted by Crippen LogP contribution is -2.43. The summed E-state index contributed by atoms with van der Waals surface area (Å²) in [5.41, 5.74) is 0.247. The third-order valence-electron chi connectivity index (χ3n) is 3.81. The van der Waals surface area contributed by atoms with Gasteiger partial charge in [-0.15, -0.1) is 0 Å². The van der Waals surface area contributed by atoms with Crippen molar-refractivity contribution in [1.82, 2.24) is 0 Å². The van der Waals surface area contributed by atoms with Crippen LogP contribution in [0.3, 0.4) is 0 Å². The van der Waals surface area contributed by atoms with Crippen LogP contribution in [0, 0.1) is 12.7 Å². The van der Waals surface area contributed by atoms with E-state index in [1.807, 2.05) is 0 Å². The lowest BCUT2D eigenvalue weighted by Gasteiger charge is -2.29. The van der Waals surface area contributed by atoms with E-state index < -0.39 is 23.9 Å². The molecule has 0 saturated carbocycles. The van der Waals surface area contributed by atoms with Crippen LogP contribution in [0.1, 0.15) is 17.2 Å². The summed E-state index contributed by atoms with van der Waals surface area (Å²) in [5, 5.41) is 19.4. The van der Waals surface area contributed by atoms with E-state index in [4.69, 9.17) is 9.47 Å². The van der Waals surface area contributed by atoms with E-state index in [0.717, 1.165) is 5.56 Å². The summed E-state index contributed by atoms with van der Waals surface area (Å²) in [7, 11) is 0. The van der Waals surface area contributed by atoms with E-state index in [1.54, 1.807) is 19.1 Å². The molecule has 0 amide bonds. The molecule has 4 nitrogen and oxygen atoms in total. The van der Waals surface area contributed by atoms with Gasteiger partial charge in [-0.1, -0.05) is 12.1 Å². The Bertz CT molecular complexity index is 478. The molecule has 2 aliphatic rings. The van der Waals surface area contributed by atoms with Crippen molar-refractivity contribution >= 4 is 0 Å². The maximum absolute atomic E-state index is 13.2. The maximum atomic E-state index is 13.2. The molecule has 2 bridgehead atoms. The zero-order chi connectivity index (χ0) is 12.9. The van der Waals surface area contributed by atoms with Gasteiger partial charge in [0.15, 0.2) is 0 Å². The average molecular weight is 254 g/mol. The zero-order valence-corrected chi connectivity index (χ0v) is 9.97. The Hall–Kier alpha value is -1.01. The van der Waals surface area contributed by atoms with Crippen LogP contribution in [-0.4, -0.2) is 41.2 Å². The van der Waals surface area contributed by atoms with Gasteiger partial charge in [-0.05, 0) is 24.1 Å². The van der Waals surface area contributed by atoms with Crippen LogP contribution in [0.25, 0.3) is 0 Å². The molecule has 98 valence electrons. The van der Waals surface area contributed by atoms with Gasteiger partial charge in [-0.2, -0.15) is 0 Å². The molecule has 2 N–H and O–H groups in total. The Kier molecular flexibility index (Phi) is 2.67. The normalized spacial score (nSPS) is 38.3. The van der Waals surface area contributed by atoms with E-state index >= 15 is 0 Å². The predicted molar refractivity (Wildman–Crippen MR) is 60.5 cm³/mol. The molecule has 1 aromatic rings. The smallest absolute Gasteiger partial charge is 0.144 e. The number of rotatable bonds is 2. The highest BCUT2D eigenvalue weighted by Crippen LogP contribution is 2.47. The molecule has 2 fully saturated rings. The fraction of sp³-hybridized carbons (Fsp3) is 0.538.